The number of nitrogens with one attached hydrogen (secondary N) is 1. The average Bonchev–Trinajstić information content (AvgIpc) is 2.70. The van der Waals surface area contributed by atoms with Crippen LogP contribution in [0.5, 0.6) is 0 Å². The first-order valence-corrected chi connectivity index (χ1v) is 6.49. The number of ketones is 1. The molecule has 0 aromatic heterocycles. The van der Waals surface area contributed by atoms with Gasteiger partial charge in [-0.05, 0) is 38.6 Å². The average molecular weight is 211 g/mol. The van der Waals surface area contributed by atoms with Crippen LogP contribution in [0, 0.1) is 5.92 Å². The molecule has 1 atom stereocenters. The van der Waals surface area contributed by atoms with Gasteiger partial charge in [0, 0.05) is 5.92 Å². The molecule has 0 bridgehead atoms. The Kier molecular flexibility index (Phi) is 4.78. The smallest absolute Gasteiger partial charge is 0.155 e. The van der Waals surface area contributed by atoms with E-state index in [0.29, 0.717) is 5.78 Å². The van der Waals surface area contributed by atoms with Crippen LogP contribution < -0.4 is 5.32 Å². The van der Waals surface area contributed by atoms with Gasteiger partial charge in [-0.25, -0.2) is 0 Å². The molecule has 15 heavy (non-hydrogen) atoms. The van der Waals surface area contributed by atoms with Crippen molar-refractivity contribution in [3.8, 4) is 0 Å². The lowest BCUT2D eigenvalue weighted by Gasteiger charge is -2.31. The van der Waals surface area contributed by atoms with Crippen LogP contribution in [0.2, 0.25) is 0 Å². The summed E-state index contributed by atoms with van der Waals surface area (Å²) < 4.78 is 0. The second-order valence-corrected chi connectivity index (χ2v) is 4.74. The molecule has 1 saturated heterocycles. The van der Waals surface area contributed by atoms with Crippen LogP contribution in [0.15, 0.2) is 0 Å². The van der Waals surface area contributed by atoms with Crippen LogP contribution in [0.25, 0.3) is 0 Å². The standard InChI is InChI=1S/C13H25NO/c1-4-8-13(9-7-10-14-13)12(15)11(5-2)6-3/h11,14H,4-10H2,1-3H3. The minimum atomic E-state index is -0.161. The fourth-order valence-electron chi connectivity index (χ4n) is 2.83. The molecule has 0 radical (unpaired) electrons. The summed E-state index contributed by atoms with van der Waals surface area (Å²) in [6.45, 7) is 7.44. The Bertz CT molecular complexity index is 203. The summed E-state index contributed by atoms with van der Waals surface area (Å²) in [6, 6.07) is 0. The predicted molar refractivity (Wildman–Crippen MR) is 64.0 cm³/mol. The third-order valence-corrected chi connectivity index (χ3v) is 3.75. The van der Waals surface area contributed by atoms with Gasteiger partial charge in [0.25, 0.3) is 0 Å². The van der Waals surface area contributed by atoms with E-state index < -0.39 is 0 Å². The second-order valence-electron chi connectivity index (χ2n) is 4.74. The van der Waals surface area contributed by atoms with Crippen molar-refractivity contribution in [3.63, 3.8) is 0 Å². The van der Waals surface area contributed by atoms with Gasteiger partial charge >= 0.3 is 0 Å². The molecule has 1 unspecified atom stereocenters. The second kappa shape index (κ2) is 5.64. The Hall–Kier alpha value is -0.370. The molecule has 0 aromatic carbocycles. The van der Waals surface area contributed by atoms with Gasteiger partial charge in [0.15, 0.2) is 5.78 Å². The van der Waals surface area contributed by atoms with E-state index in [1.807, 2.05) is 0 Å². The molecule has 0 amide bonds. The monoisotopic (exact) mass is 211 g/mol. The Balaban J connectivity index is 2.74. The van der Waals surface area contributed by atoms with Gasteiger partial charge in [0.1, 0.15) is 0 Å². The first-order chi connectivity index (χ1) is 7.20. The summed E-state index contributed by atoms with van der Waals surface area (Å²) in [5.74, 6) is 0.744. The normalized spacial score (nSPS) is 26.1. The van der Waals surface area contributed by atoms with Gasteiger partial charge in [0.2, 0.25) is 0 Å². The molecule has 1 heterocycles. The first kappa shape index (κ1) is 12.7. The maximum absolute atomic E-state index is 12.5. The van der Waals surface area contributed by atoms with Crippen LogP contribution >= 0.6 is 0 Å². The Morgan fingerprint density at radius 1 is 1.33 bits per heavy atom. The van der Waals surface area contributed by atoms with Crippen LogP contribution in [0.1, 0.15) is 59.3 Å². The van der Waals surface area contributed by atoms with E-state index in [9.17, 15) is 4.79 Å². The molecule has 0 saturated carbocycles. The maximum atomic E-state index is 12.5. The largest absolute Gasteiger partial charge is 0.305 e. The van der Waals surface area contributed by atoms with Gasteiger partial charge < -0.3 is 5.32 Å². The number of carbonyl (C=O) groups is 1. The number of Topliss-reactive ketones (excluding diaryl/α,β-unsaturated/α-hetero) is 1. The molecule has 1 aliphatic heterocycles. The van der Waals surface area contributed by atoms with E-state index in [0.717, 1.165) is 45.1 Å². The number of hydrogen-bond acceptors (Lipinski definition) is 2. The van der Waals surface area contributed by atoms with Crippen molar-refractivity contribution in [1.82, 2.24) is 5.32 Å². The molecule has 88 valence electrons. The highest BCUT2D eigenvalue weighted by atomic mass is 16.1. The summed E-state index contributed by atoms with van der Waals surface area (Å²) in [5.41, 5.74) is -0.161. The zero-order valence-electron chi connectivity index (χ0n) is 10.4. The summed E-state index contributed by atoms with van der Waals surface area (Å²) in [4.78, 5) is 12.5. The highest BCUT2D eigenvalue weighted by molar-refractivity contribution is 5.90. The lowest BCUT2D eigenvalue weighted by Crippen LogP contribution is -2.50. The highest BCUT2D eigenvalue weighted by Crippen LogP contribution is 2.30. The van der Waals surface area contributed by atoms with Crippen LogP contribution in [-0.4, -0.2) is 17.9 Å². The highest BCUT2D eigenvalue weighted by Gasteiger charge is 2.41. The molecule has 2 nitrogen and oxygen atoms in total. The van der Waals surface area contributed by atoms with Crippen LogP contribution in [0.4, 0.5) is 0 Å². The summed E-state index contributed by atoms with van der Waals surface area (Å²) in [7, 11) is 0. The molecule has 0 aliphatic carbocycles. The molecule has 0 spiro atoms. The fourth-order valence-corrected chi connectivity index (χ4v) is 2.83. The molecule has 0 aromatic rings. The van der Waals surface area contributed by atoms with E-state index in [4.69, 9.17) is 0 Å². The third-order valence-electron chi connectivity index (χ3n) is 3.75. The molecule has 1 fully saturated rings. The molecular weight excluding hydrogens is 186 g/mol. The summed E-state index contributed by atoms with van der Waals surface area (Å²) in [5, 5.41) is 3.47. The molecule has 1 N–H and O–H groups in total. The Labute approximate surface area is 93.8 Å². The zero-order chi connectivity index (χ0) is 11.3. The van der Waals surface area contributed by atoms with Gasteiger partial charge in [-0.2, -0.15) is 0 Å². The zero-order valence-corrected chi connectivity index (χ0v) is 10.4. The van der Waals surface area contributed by atoms with Gasteiger partial charge in [-0.15, -0.1) is 0 Å². The van der Waals surface area contributed by atoms with Crippen molar-refractivity contribution in [2.45, 2.75) is 64.8 Å². The molecule has 1 aliphatic rings. The Morgan fingerprint density at radius 3 is 2.40 bits per heavy atom. The molecular formula is C13H25NO. The van der Waals surface area contributed by atoms with E-state index >= 15 is 0 Å². The Morgan fingerprint density at radius 2 is 2.00 bits per heavy atom. The van der Waals surface area contributed by atoms with Crippen molar-refractivity contribution in [1.29, 1.82) is 0 Å². The van der Waals surface area contributed by atoms with Gasteiger partial charge in [-0.3, -0.25) is 4.79 Å². The SMILES string of the molecule is CCCC1(C(=O)C(CC)CC)CCCN1. The van der Waals surface area contributed by atoms with Crippen molar-refractivity contribution in [2.75, 3.05) is 6.54 Å². The summed E-state index contributed by atoms with van der Waals surface area (Å²) in [6.07, 6.45) is 6.30. The third kappa shape index (κ3) is 2.60. The van der Waals surface area contributed by atoms with E-state index in [1.165, 1.54) is 0 Å². The molecule has 2 heteroatoms. The lowest BCUT2D eigenvalue weighted by molar-refractivity contribution is -0.129. The number of hydrogen-bond donors (Lipinski definition) is 1. The van der Waals surface area contributed by atoms with E-state index in [2.05, 4.69) is 26.1 Å². The van der Waals surface area contributed by atoms with Gasteiger partial charge in [0.05, 0.1) is 5.54 Å². The minimum Gasteiger partial charge on any atom is -0.305 e. The predicted octanol–water partition coefficient (Wildman–Crippen LogP) is 2.91. The van der Waals surface area contributed by atoms with Crippen molar-refractivity contribution >= 4 is 5.78 Å². The van der Waals surface area contributed by atoms with Crippen LogP contribution in [-0.2, 0) is 4.79 Å². The van der Waals surface area contributed by atoms with Crippen molar-refractivity contribution < 1.29 is 4.79 Å². The van der Waals surface area contributed by atoms with Crippen LogP contribution in [0.3, 0.4) is 0 Å². The number of rotatable bonds is 6. The van der Waals surface area contributed by atoms with Crippen molar-refractivity contribution in [3.05, 3.63) is 0 Å². The lowest BCUT2D eigenvalue weighted by atomic mass is 9.79. The van der Waals surface area contributed by atoms with E-state index in [-0.39, 0.29) is 11.5 Å². The number of carbonyl (C=O) groups excluding carboxylic acids is 1. The van der Waals surface area contributed by atoms with Crippen molar-refractivity contribution in [2.24, 2.45) is 5.92 Å². The first-order valence-electron chi connectivity index (χ1n) is 6.49. The topological polar surface area (TPSA) is 29.1 Å². The van der Waals surface area contributed by atoms with E-state index in [1.54, 1.807) is 0 Å². The quantitative estimate of drug-likeness (QED) is 0.732. The maximum Gasteiger partial charge on any atom is 0.155 e. The fraction of sp³-hybridized carbons (Fsp3) is 0.923. The molecule has 1 rings (SSSR count). The summed E-state index contributed by atoms with van der Waals surface area (Å²) >= 11 is 0. The minimum absolute atomic E-state index is 0.161. The van der Waals surface area contributed by atoms with Gasteiger partial charge in [-0.1, -0.05) is 27.2 Å².